The SMILES string of the molecule is NC(N)=S.O=C([O-])c1ccccc1-c1c2cc(Br)c(=O)c(Br)c-2oc2c(Br)c([O-])c(Br)cc12.[Na+].[Na+]. The number of aromatic carboxylic acids is 1. The summed E-state index contributed by atoms with van der Waals surface area (Å²) in [5.41, 5.74) is 10.4. The van der Waals surface area contributed by atoms with E-state index < -0.39 is 5.97 Å². The number of benzene rings is 3. The van der Waals surface area contributed by atoms with Crippen LogP contribution in [0.25, 0.3) is 33.4 Å². The molecule has 1 aliphatic carbocycles. The molecule has 1 aliphatic heterocycles. The molecule has 2 aromatic carbocycles. The van der Waals surface area contributed by atoms with Crippen LogP contribution >= 0.6 is 75.9 Å². The van der Waals surface area contributed by atoms with Crippen molar-refractivity contribution >= 4 is 98.0 Å². The minimum Gasteiger partial charge on any atom is -0.871 e. The molecule has 4 rings (SSSR count). The van der Waals surface area contributed by atoms with Crippen molar-refractivity contribution in [2.75, 3.05) is 0 Å². The molecule has 0 saturated heterocycles. The predicted molar refractivity (Wildman–Crippen MR) is 140 cm³/mol. The van der Waals surface area contributed by atoms with Crippen molar-refractivity contribution in [3.05, 3.63) is 70.1 Å². The van der Waals surface area contributed by atoms with Crippen LogP contribution in [-0.2, 0) is 0 Å². The van der Waals surface area contributed by atoms with E-state index in [1.165, 1.54) is 6.07 Å². The summed E-state index contributed by atoms with van der Waals surface area (Å²) in [6.07, 6.45) is 0. The van der Waals surface area contributed by atoms with Crippen molar-refractivity contribution in [1.29, 1.82) is 0 Å². The molecular formula is C21H10Br4N2Na2O5S. The Morgan fingerprint density at radius 1 is 0.943 bits per heavy atom. The van der Waals surface area contributed by atoms with Gasteiger partial charge in [0, 0.05) is 26.5 Å². The van der Waals surface area contributed by atoms with Gasteiger partial charge in [-0.1, -0.05) is 45.9 Å². The number of thiocarbonyl (C=S) groups is 1. The second-order valence-electron chi connectivity index (χ2n) is 6.47. The molecule has 0 unspecified atom stereocenters. The minimum absolute atomic E-state index is 0. The molecule has 170 valence electrons. The minimum atomic E-state index is -1.35. The van der Waals surface area contributed by atoms with E-state index in [-0.39, 0.29) is 110 Å². The summed E-state index contributed by atoms with van der Waals surface area (Å²) < 4.78 is 6.80. The van der Waals surface area contributed by atoms with Gasteiger partial charge in [-0.2, -0.15) is 0 Å². The maximum atomic E-state index is 12.4. The molecule has 14 heteroatoms. The third-order valence-electron chi connectivity index (χ3n) is 4.42. The zero-order valence-corrected chi connectivity index (χ0v) is 29.2. The first-order chi connectivity index (χ1) is 15.5. The average Bonchev–Trinajstić information content (AvgIpc) is 2.75. The Balaban J connectivity index is 0.000000950. The van der Waals surface area contributed by atoms with Crippen molar-refractivity contribution in [1.82, 2.24) is 0 Å². The van der Waals surface area contributed by atoms with Gasteiger partial charge in [-0.15, -0.1) is 0 Å². The number of hydrogen-bond donors (Lipinski definition) is 2. The predicted octanol–water partition coefficient (Wildman–Crippen LogP) is -1.75. The first-order valence-electron chi connectivity index (χ1n) is 8.74. The first-order valence-corrected chi connectivity index (χ1v) is 12.3. The van der Waals surface area contributed by atoms with E-state index >= 15 is 0 Å². The topological polar surface area (TPSA) is 145 Å². The van der Waals surface area contributed by atoms with E-state index in [2.05, 4.69) is 87.4 Å². The number of hydrogen-bond acceptors (Lipinski definition) is 6. The van der Waals surface area contributed by atoms with Crippen LogP contribution in [0, 0.1) is 0 Å². The number of carbonyl (C=O) groups excluding carboxylic acids is 1. The van der Waals surface area contributed by atoms with Gasteiger partial charge in [0.2, 0.25) is 5.43 Å². The summed E-state index contributed by atoms with van der Waals surface area (Å²) in [7, 11) is 0. The summed E-state index contributed by atoms with van der Waals surface area (Å²) in [5, 5.41) is 24.7. The van der Waals surface area contributed by atoms with E-state index in [0.717, 1.165) is 0 Å². The van der Waals surface area contributed by atoms with E-state index in [1.54, 1.807) is 30.3 Å². The number of nitrogens with two attached hydrogens (primary N) is 2. The van der Waals surface area contributed by atoms with Crippen molar-refractivity contribution in [3.63, 3.8) is 0 Å². The van der Waals surface area contributed by atoms with Gasteiger partial charge in [-0.25, -0.2) is 0 Å². The number of carbonyl (C=O) groups is 1. The smallest absolute Gasteiger partial charge is 0.871 e. The van der Waals surface area contributed by atoms with Gasteiger partial charge < -0.3 is 30.9 Å². The van der Waals surface area contributed by atoms with Crippen molar-refractivity contribution in [2.45, 2.75) is 0 Å². The molecule has 35 heavy (non-hydrogen) atoms. The summed E-state index contributed by atoms with van der Waals surface area (Å²) in [6, 6.07) is 9.50. The zero-order chi connectivity index (χ0) is 24.6. The maximum Gasteiger partial charge on any atom is 1.00 e. The van der Waals surface area contributed by atoms with Crippen LogP contribution in [-0.4, -0.2) is 11.1 Å². The van der Waals surface area contributed by atoms with Gasteiger partial charge in [0.1, 0.15) is 10.1 Å². The van der Waals surface area contributed by atoms with Crippen molar-refractivity contribution in [2.24, 2.45) is 11.5 Å². The van der Waals surface area contributed by atoms with Gasteiger partial charge in [-0.05, 0) is 77.7 Å². The molecule has 0 amide bonds. The fourth-order valence-corrected chi connectivity index (χ4v) is 5.56. The fraction of sp³-hybridized carbons (Fsp3) is 0. The molecule has 0 aromatic heterocycles. The molecule has 4 N–H and O–H groups in total. The van der Waals surface area contributed by atoms with Gasteiger partial charge in [-0.3, -0.25) is 4.79 Å². The Morgan fingerprint density at radius 3 is 2.09 bits per heavy atom. The van der Waals surface area contributed by atoms with Gasteiger partial charge in [0.05, 0.1) is 14.9 Å². The number of carboxylic acids is 1. The number of rotatable bonds is 2. The molecule has 0 saturated carbocycles. The monoisotopic (exact) mass is 764 g/mol. The fourth-order valence-electron chi connectivity index (χ4n) is 3.16. The molecule has 7 nitrogen and oxygen atoms in total. The van der Waals surface area contributed by atoms with Crippen LogP contribution in [0.4, 0.5) is 0 Å². The molecular weight excluding hydrogens is 758 g/mol. The molecule has 2 aliphatic rings. The van der Waals surface area contributed by atoms with Crippen molar-refractivity contribution in [3.8, 4) is 28.2 Å². The maximum absolute atomic E-state index is 12.4. The molecule has 1 heterocycles. The Morgan fingerprint density at radius 2 is 1.51 bits per heavy atom. The Labute approximate surface area is 282 Å². The van der Waals surface area contributed by atoms with Crippen LogP contribution in [0.1, 0.15) is 10.4 Å². The summed E-state index contributed by atoms with van der Waals surface area (Å²) in [4.78, 5) is 24.2. The average molecular weight is 768 g/mol. The summed E-state index contributed by atoms with van der Waals surface area (Å²) in [5.74, 6) is -1.49. The van der Waals surface area contributed by atoms with Crippen LogP contribution in [0.15, 0.2) is 63.5 Å². The molecule has 0 spiro atoms. The van der Waals surface area contributed by atoms with Crippen LogP contribution in [0.3, 0.4) is 0 Å². The van der Waals surface area contributed by atoms with E-state index in [9.17, 15) is 19.8 Å². The van der Waals surface area contributed by atoms with Crippen molar-refractivity contribution < 1.29 is 78.5 Å². The first kappa shape index (κ1) is 33.0. The Kier molecular flexibility index (Phi) is 12.9. The second-order valence-corrected chi connectivity index (χ2v) is 10.2. The third kappa shape index (κ3) is 6.91. The van der Waals surface area contributed by atoms with Crippen LogP contribution < -0.4 is 86.2 Å². The zero-order valence-electron chi connectivity index (χ0n) is 18.1. The normalized spacial score (nSPS) is 10.1. The molecule has 2 aromatic rings. The molecule has 0 radical (unpaired) electrons. The third-order valence-corrected chi connectivity index (χ3v) is 7.04. The summed E-state index contributed by atoms with van der Waals surface area (Å²) in [6.45, 7) is 0. The second kappa shape index (κ2) is 13.7. The van der Waals surface area contributed by atoms with Crippen LogP contribution in [0.5, 0.6) is 5.75 Å². The molecule has 0 bridgehead atoms. The Bertz CT molecular complexity index is 1480. The van der Waals surface area contributed by atoms with Gasteiger partial charge in [0.25, 0.3) is 0 Å². The number of fused-ring (bicyclic) bond motifs is 2. The number of carboxylic acid groups (broad SMARTS) is 1. The summed E-state index contributed by atoms with van der Waals surface area (Å²) >= 11 is 17.1. The van der Waals surface area contributed by atoms with E-state index in [4.69, 9.17) is 4.42 Å². The van der Waals surface area contributed by atoms with E-state index in [0.29, 0.717) is 22.1 Å². The van der Waals surface area contributed by atoms with Crippen LogP contribution in [0.2, 0.25) is 0 Å². The Hall–Kier alpha value is 0.0100. The molecule has 0 atom stereocenters. The van der Waals surface area contributed by atoms with Gasteiger partial charge in [0.15, 0.2) is 10.9 Å². The standard InChI is InChI=1S/C20H8Br4O5.CH4N2S.2Na/c21-11-5-9-13(7-3-1-2-4-8(7)20(27)28)10-6-12(22)17(26)15(24)19(10)29-18(9)14(23)16(11)25;2-1(3)4;;/h1-6,25H,(H,27,28);(H4,2,3,4);;/q;;2*+1/p-2. The van der Waals surface area contributed by atoms with E-state index in [1.807, 2.05) is 0 Å². The van der Waals surface area contributed by atoms with Gasteiger partial charge >= 0.3 is 59.1 Å². The molecule has 0 fully saturated rings. The largest absolute Gasteiger partial charge is 1.00 e. The number of halogens is 4. The quantitative estimate of drug-likeness (QED) is 0.139.